The van der Waals surface area contributed by atoms with E-state index in [-0.39, 0.29) is 19.1 Å². The number of aryl methyl sites for hydroxylation is 1. The summed E-state index contributed by atoms with van der Waals surface area (Å²) in [7, 11) is 0. The Labute approximate surface area is 165 Å². The minimum Gasteiger partial charge on any atom is -0.482 e. The summed E-state index contributed by atoms with van der Waals surface area (Å²) in [5.41, 5.74) is 1.47. The third kappa shape index (κ3) is 4.14. The number of amides is 1. The van der Waals surface area contributed by atoms with Crippen LogP contribution in [0.4, 0.5) is 5.00 Å². The van der Waals surface area contributed by atoms with Gasteiger partial charge in [0.15, 0.2) is 6.61 Å². The van der Waals surface area contributed by atoms with Gasteiger partial charge >= 0.3 is 5.97 Å². The monoisotopic (exact) mass is 413 g/mol. The van der Waals surface area contributed by atoms with Crippen LogP contribution in [-0.2, 0) is 22.4 Å². The van der Waals surface area contributed by atoms with Crippen LogP contribution in [0.3, 0.4) is 0 Å². The van der Waals surface area contributed by atoms with Crippen LogP contribution in [0.5, 0.6) is 5.75 Å². The van der Waals surface area contributed by atoms with E-state index in [1.807, 2.05) is 0 Å². The maximum absolute atomic E-state index is 12.3. The predicted octanol–water partition coefficient (Wildman–Crippen LogP) is 4.74. The number of nitrogens with one attached hydrogen (secondary N) is 1. The number of esters is 1. The molecule has 1 aliphatic carbocycles. The molecule has 0 fully saturated rings. The molecule has 1 N–H and O–H groups in total. The van der Waals surface area contributed by atoms with Gasteiger partial charge in [0.25, 0.3) is 5.91 Å². The molecule has 3 rings (SSSR count). The van der Waals surface area contributed by atoms with Crippen molar-refractivity contribution in [3.63, 3.8) is 0 Å². The van der Waals surface area contributed by atoms with Crippen molar-refractivity contribution in [2.45, 2.75) is 26.2 Å². The van der Waals surface area contributed by atoms with E-state index in [2.05, 4.69) is 5.32 Å². The molecular weight excluding hydrogens is 397 g/mol. The molecule has 1 amide bonds. The standard InChI is InChI=1S/C18H17Cl2NO4S/c1-2-24-18(23)16-11-4-3-5-14(11)26-17(16)21-15(22)9-25-13-7-6-10(19)8-12(13)20/h6-8H,2-5,9H2,1H3,(H,21,22). The normalized spacial score (nSPS) is 12.6. The van der Waals surface area contributed by atoms with E-state index in [4.69, 9.17) is 32.7 Å². The third-order valence-electron chi connectivity index (χ3n) is 3.91. The summed E-state index contributed by atoms with van der Waals surface area (Å²) in [6.07, 6.45) is 2.76. The van der Waals surface area contributed by atoms with Gasteiger partial charge in [-0.15, -0.1) is 11.3 Å². The number of carbonyl (C=O) groups is 2. The number of benzene rings is 1. The van der Waals surface area contributed by atoms with Crippen molar-refractivity contribution in [2.24, 2.45) is 0 Å². The molecule has 1 aromatic heterocycles. The summed E-state index contributed by atoms with van der Waals surface area (Å²) in [5, 5.41) is 4.09. The van der Waals surface area contributed by atoms with Gasteiger partial charge in [-0.05, 0) is 49.9 Å². The van der Waals surface area contributed by atoms with Crippen LogP contribution in [0.1, 0.15) is 34.1 Å². The fraction of sp³-hybridized carbons (Fsp3) is 0.333. The first-order chi connectivity index (χ1) is 12.5. The number of anilines is 1. The Bertz CT molecular complexity index is 850. The van der Waals surface area contributed by atoms with Crippen LogP contribution < -0.4 is 10.1 Å². The van der Waals surface area contributed by atoms with Crippen LogP contribution in [0.25, 0.3) is 0 Å². The van der Waals surface area contributed by atoms with E-state index >= 15 is 0 Å². The van der Waals surface area contributed by atoms with Crippen LogP contribution in [0.2, 0.25) is 10.0 Å². The second-order valence-corrected chi connectivity index (χ2v) is 7.64. The Morgan fingerprint density at radius 1 is 1.27 bits per heavy atom. The molecule has 0 spiro atoms. The van der Waals surface area contributed by atoms with E-state index in [1.165, 1.54) is 11.3 Å². The van der Waals surface area contributed by atoms with Crippen LogP contribution in [-0.4, -0.2) is 25.1 Å². The zero-order valence-electron chi connectivity index (χ0n) is 14.1. The molecule has 0 aliphatic heterocycles. The van der Waals surface area contributed by atoms with Crippen molar-refractivity contribution in [3.05, 3.63) is 44.2 Å². The molecule has 26 heavy (non-hydrogen) atoms. The first-order valence-electron chi connectivity index (χ1n) is 8.19. The van der Waals surface area contributed by atoms with Gasteiger partial charge in [-0.2, -0.15) is 0 Å². The molecule has 0 bridgehead atoms. The van der Waals surface area contributed by atoms with E-state index in [0.717, 1.165) is 29.7 Å². The lowest BCUT2D eigenvalue weighted by Crippen LogP contribution is -2.21. The largest absolute Gasteiger partial charge is 0.482 e. The Morgan fingerprint density at radius 2 is 2.08 bits per heavy atom. The molecule has 0 saturated heterocycles. The smallest absolute Gasteiger partial charge is 0.341 e. The zero-order valence-corrected chi connectivity index (χ0v) is 16.4. The van der Waals surface area contributed by atoms with Crippen molar-refractivity contribution in [1.29, 1.82) is 0 Å². The summed E-state index contributed by atoms with van der Waals surface area (Å²) in [4.78, 5) is 25.7. The van der Waals surface area contributed by atoms with Crippen LogP contribution >= 0.6 is 34.5 Å². The number of thiophene rings is 1. The van der Waals surface area contributed by atoms with Gasteiger partial charge in [-0.25, -0.2) is 4.79 Å². The molecular formula is C18H17Cl2NO4S. The van der Waals surface area contributed by atoms with E-state index in [9.17, 15) is 9.59 Å². The van der Waals surface area contributed by atoms with E-state index in [1.54, 1.807) is 25.1 Å². The van der Waals surface area contributed by atoms with Crippen molar-refractivity contribution in [1.82, 2.24) is 0 Å². The van der Waals surface area contributed by atoms with Gasteiger partial charge < -0.3 is 14.8 Å². The van der Waals surface area contributed by atoms with E-state index in [0.29, 0.717) is 26.4 Å². The van der Waals surface area contributed by atoms with Gasteiger partial charge in [0.1, 0.15) is 10.8 Å². The topological polar surface area (TPSA) is 64.6 Å². The second kappa shape index (κ2) is 8.29. The fourth-order valence-electron chi connectivity index (χ4n) is 2.81. The number of rotatable bonds is 6. The highest BCUT2D eigenvalue weighted by Crippen LogP contribution is 2.39. The molecule has 5 nitrogen and oxygen atoms in total. The SMILES string of the molecule is CCOC(=O)c1c(NC(=O)COc2ccc(Cl)cc2Cl)sc2c1CCC2. The molecule has 2 aromatic rings. The van der Waals surface area contributed by atoms with Crippen molar-refractivity contribution < 1.29 is 19.1 Å². The number of hydrogen-bond acceptors (Lipinski definition) is 5. The van der Waals surface area contributed by atoms with Crippen molar-refractivity contribution >= 4 is 51.4 Å². The molecule has 0 radical (unpaired) electrons. The highest BCUT2D eigenvalue weighted by atomic mass is 35.5. The predicted molar refractivity (Wildman–Crippen MR) is 103 cm³/mol. The average molecular weight is 414 g/mol. The second-order valence-electron chi connectivity index (χ2n) is 5.69. The minimum atomic E-state index is -0.399. The summed E-state index contributed by atoms with van der Waals surface area (Å²) in [5.74, 6) is -0.407. The van der Waals surface area contributed by atoms with Crippen LogP contribution in [0.15, 0.2) is 18.2 Å². The number of fused-ring (bicyclic) bond motifs is 1. The summed E-state index contributed by atoms with van der Waals surface area (Å²) in [6, 6.07) is 4.77. The highest BCUT2D eigenvalue weighted by molar-refractivity contribution is 7.17. The van der Waals surface area contributed by atoms with Gasteiger partial charge in [-0.1, -0.05) is 23.2 Å². The lowest BCUT2D eigenvalue weighted by molar-refractivity contribution is -0.118. The Hall–Kier alpha value is -1.76. The third-order valence-corrected chi connectivity index (χ3v) is 5.64. The number of hydrogen-bond donors (Lipinski definition) is 1. The molecule has 1 aliphatic rings. The molecule has 8 heteroatoms. The molecule has 0 atom stereocenters. The van der Waals surface area contributed by atoms with Crippen molar-refractivity contribution in [2.75, 3.05) is 18.5 Å². The van der Waals surface area contributed by atoms with Gasteiger partial charge in [0.05, 0.1) is 17.2 Å². The Balaban J connectivity index is 1.70. The summed E-state index contributed by atoms with van der Waals surface area (Å²) >= 11 is 13.3. The number of carbonyl (C=O) groups excluding carboxylic acids is 2. The molecule has 0 unspecified atom stereocenters. The average Bonchev–Trinajstić information content (AvgIpc) is 3.14. The molecule has 138 valence electrons. The van der Waals surface area contributed by atoms with Gasteiger partial charge in [0, 0.05) is 9.90 Å². The number of ether oxygens (including phenoxy) is 2. The van der Waals surface area contributed by atoms with Crippen LogP contribution in [0, 0.1) is 0 Å². The highest BCUT2D eigenvalue weighted by Gasteiger charge is 2.28. The molecule has 1 heterocycles. The fourth-order valence-corrected chi connectivity index (χ4v) is 4.57. The number of halogens is 2. The maximum Gasteiger partial charge on any atom is 0.341 e. The summed E-state index contributed by atoms with van der Waals surface area (Å²) < 4.78 is 10.6. The Kier molecular flexibility index (Phi) is 6.06. The van der Waals surface area contributed by atoms with E-state index < -0.39 is 5.97 Å². The van der Waals surface area contributed by atoms with Crippen molar-refractivity contribution in [3.8, 4) is 5.75 Å². The molecule has 1 aromatic carbocycles. The lowest BCUT2D eigenvalue weighted by atomic mass is 10.1. The lowest BCUT2D eigenvalue weighted by Gasteiger charge is -2.10. The minimum absolute atomic E-state index is 0.230. The first-order valence-corrected chi connectivity index (χ1v) is 9.76. The molecule has 0 saturated carbocycles. The zero-order chi connectivity index (χ0) is 18.7. The maximum atomic E-state index is 12.3. The van der Waals surface area contributed by atoms with Gasteiger partial charge in [0.2, 0.25) is 0 Å². The summed E-state index contributed by atoms with van der Waals surface area (Å²) in [6.45, 7) is 1.81. The Morgan fingerprint density at radius 3 is 2.81 bits per heavy atom. The quantitative estimate of drug-likeness (QED) is 0.694. The van der Waals surface area contributed by atoms with Gasteiger partial charge in [-0.3, -0.25) is 4.79 Å². The first kappa shape index (κ1) is 19.0.